The number of halogens is 1. The molecule has 0 amide bonds. The van der Waals surface area contributed by atoms with E-state index in [9.17, 15) is 9.59 Å². The molecule has 5 aromatic rings. The third-order valence-electron chi connectivity index (χ3n) is 6.85. The van der Waals surface area contributed by atoms with Gasteiger partial charge in [0.15, 0.2) is 4.80 Å². The second-order valence-electron chi connectivity index (χ2n) is 9.43. The number of aromatic nitrogens is 1. The number of rotatable bonds is 7. The van der Waals surface area contributed by atoms with Crippen LogP contribution >= 0.6 is 38.6 Å². The number of thiophene rings is 1. The number of nitrogens with zero attached hydrogens (tertiary/aromatic N) is 2. The Balaban J connectivity index is 1.32. The number of thiazole rings is 1. The first-order chi connectivity index (χ1) is 19.9. The van der Waals surface area contributed by atoms with Gasteiger partial charge in [-0.2, -0.15) is 0 Å². The number of allylic oxidation sites excluding steroid dienone is 1. The minimum Gasteiger partial charge on any atom is -0.488 e. The van der Waals surface area contributed by atoms with E-state index in [0.29, 0.717) is 33.0 Å². The van der Waals surface area contributed by atoms with Gasteiger partial charge in [-0.25, -0.2) is 9.79 Å². The van der Waals surface area contributed by atoms with Crippen LogP contribution in [0.15, 0.2) is 104 Å². The van der Waals surface area contributed by atoms with Crippen LogP contribution in [0.1, 0.15) is 35.9 Å². The lowest BCUT2D eigenvalue weighted by atomic mass is 10.0. The van der Waals surface area contributed by atoms with Crippen molar-refractivity contribution in [3.63, 3.8) is 0 Å². The first kappa shape index (κ1) is 27.4. The van der Waals surface area contributed by atoms with Crippen molar-refractivity contribution in [1.29, 1.82) is 0 Å². The molecule has 3 aromatic carbocycles. The SMILES string of the molecule is CCOC(=O)C1=C(C)N=c2s/c(=C\c3ccc(OCc4cccc5ccccc45)c(Br)c3)c(=O)n2[C@@H]1c1cccs1. The van der Waals surface area contributed by atoms with E-state index in [1.54, 1.807) is 18.4 Å². The van der Waals surface area contributed by atoms with Crippen LogP contribution in [0, 0.1) is 0 Å². The molecule has 9 heteroatoms. The van der Waals surface area contributed by atoms with Gasteiger partial charge >= 0.3 is 5.97 Å². The molecule has 1 aliphatic heterocycles. The number of benzene rings is 3. The molecule has 6 nitrogen and oxygen atoms in total. The highest BCUT2D eigenvalue weighted by Crippen LogP contribution is 2.33. The number of hydrogen-bond donors (Lipinski definition) is 0. The lowest BCUT2D eigenvalue weighted by Crippen LogP contribution is -2.39. The van der Waals surface area contributed by atoms with Gasteiger partial charge < -0.3 is 9.47 Å². The summed E-state index contributed by atoms with van der Waals surface area (Å²) in [5.74, 6) is 0.258. The van der Waals surface area contributed by atoms with E-state index in [1.807, 2.05) is 60.0 Å². The molecule has 6 rings (SSSR count). The van der Waals surface area contributed by atoms with Crippen molar-refractivity contribution in [2.45, 2.75) is 26.5 Å². The minimum atomic E-state index is -0.580. The predicted molar refractivity (Wildman–Crippen MR) is 167 cm³/mol. The molecule has 2 aromatic heterocycles. The number of fused-ring (bicyclic) bond motifs is 2. The molecule has 206 valence electrons. The van der Waals surface area contributed by atoms with Gasteiger partial charge in [-0.1, -0.05) is 65.9 Å². The maximum Gasteiger partial charge on any atom is 0.338 e. The zero-order chi connectivity index (χ0) is 28.5. The van der Waals surface area contributed by atoms with E-state index in [0.717, 1.165) is 20.5 Å². The van der Waals surface area contributed by atoms with Crippen molar-refractivity contribution >= 4 is 61.4 Å². The van der Waals surface area contributed by atoms with Gasteiger partial charge in [-0.3, -0.25) is 9.36 Å². The van der Waals surface area contributed by atoms with Crippen LogP contribution in [0.5, 0.6) is 5.75 Å². The Bertz CT molecular complexity index is 1980. The topological polar surface area (TPSA) is 69.9 Å². The molecule has 1 aliphatic rings. The number of carbonyl (C=O) groups is 1. The minimum absolute atomic E-state index is 0.200. The molecule has 0 bridgehead atoms. The first-order valence-electron chi connectivity index (χ1n) is 13.1. The van der Waals surface area contributed by atoms with Crippen molar-refractivity contribution in [1.82, 2.24) is 4.57 Å². The molecular formula is C32H25BrN2O4S2. The summed E-state index contributed by atoms with van der Waals surface area (Å²) in [7, 11) is 0. The summed E-state index contributed by atoms with van der Waals surface area (Å²) in [4.78, 5) is 32.8. The Morgan fingerprint density at radius 2 is 1.93 bits per heavy atom. The molecule has 0 aliphatic carbocycles. The quantitative estimate of drug-likeness (QED) is 0.194. The van der Waals surface area contributed by atoms with Gasteiger partial charge in [-0.05, 0) is 81.3 Å². The number of carbonyl (C=O) groups excluding carboxylic acids is 1. The first-order valence-corrected chi connectivity index (χ1v) is 15.6. The number of hydrogen-bond acceptors (Lipinski definition) is 7. The molecule has 41 heavy (non-hydrogen) atoms. The van der Waals surface area contributed by atoms with Crippen molar-refractivity contribution in [3.05, 3.63) is 130 Å². The summed E-state index contributed by atoms with van der Waals surface area (Å²) in [6, 6.07) is 23.5. The summed E-state index contributed by atoms with van der Waals surface area (Å²) >= 11 is 6.44. The average Bonchev–Trinajstić information content (AvgIpc) is 3.60. The van der Waals surface area contributed by atoms with Crippen LogP contribution in [0.3, 0.4) is 0 Å². The molecule has 0 N–H and O–H groups in total. The molecule has 1 atom stereocenters. The van der Waals surface area contributed by atoms with Gasteiger partial charge in [0.1, 0.15) is 18.4 Å². The van der Waals surface area contributed by atoms with Gasteiger partial charge in [0, 0.05) is 4.88 Å². The van der Waals surface area contributed by atoms with E-state index in [-0.39, 0.29) is 12.2 Å². The zero-order valence-corrected chi connectivity index (χ0v) is 25.5. The second-order valence-corrected chi connectivity index (χ2v) is 12.3. The molecule has 0 fully saturated rings. The maximum absolute atomic E-state index is 13.8. The normalized spacial score (nSPS) is 15.1. The van der Waals surface area contributed by atoms with Crippen molar-refractivity contribution in [2.75, 3.05) is 6.61 Å². The van der Waals surface area contributed by atoms with Gasteiger partial charge in [-0.15, -0.1) is 11.3 Å². The van der Waals surface area contributed by atoms with Crippen LogP contribution in [-0.2, 0) is 16.1 Å². The number of ether oxygens (including phenoxy) is 2. The summed E-state index contributed by atoms with van der Waals surface area (Å²) in [5, 5.41) is 4.28. The molecule has 0 saturated heterocycles. The molecular weight excluding hydrogens is 620 g/mol. The predicted octanol–water partition coefficient (Wildman–Crippen LogP) is 6.35. The molecule has 0 saturated carbocycles. The summed E-state index contributed by atoms with van der Waals surface area (Å²) in [6.07, 6.45) is 1.85. The van der Waals surface area contributed by atoms with E-state index < -0.39 is 12.0 Å². The largest absolute Gasteiger partial charge is 0.488 e. The van der Waals surface area contributed by atoms with Crippen LogP contribution < -0.4 is 19.6 Å². The van der Waals surface area contributed by atoms with Crippen LogP contribution in [0.2, 0.25) is 0 Å². The van der Waals surface area contributed by atoms with Crippen LogP contribution in [0.25, 0.3) is 16.8 Å². The summed E-state index contributed by atoms with van der Waals surface area (Å²) in [6.45, 7) is 4.23. The third kappa shape index (κ3) is 5.32. The van der Waals surface area contributed by atoms with E-state index in [4.69, 9.17) is 9.47 Å². The number of esters is 1. The Kier molecular flexibility index (Phi) is 7.75. The highest BCUT2D eigenvalue weighted by Gasteiger charge is 2.33. The zero-order valence-electron chi connectivity index (χ0n) is 22.3. The standard InChI is InChI=1S/C32H25BrN2O4S2/c1-3-38-31(37)28-19(2)34-32-35(29(28)26-12-7-15-40-26)30(36)27(41-32)17-20-13-14-25(24(33)16-20)39-18-22-10-6-9-21-8-4-5-11-23(21)22/h4-17,29H,3,18H2,1-2H3/b27-17-/t29-/m1/s1. The van der Waals surface area contributed by atoms with E-state index in [2.05, 4.69) is 45.2 Å². The van der Waals surface area contributed by atoms with Gasteiger partial charge in [0.25, 0.3) is 5.56 Å². The van der Waals surface area contributed by atoms with Crippen LogP contribution in [-0.4, -0.2) is 17.1 Å². The van der Waals surface area contributed by atoms with Crippen molar-refractivity contribution in [3.8, 4) is 5.75 Å². The Morgan fingerprint density at radius 1 is 1.10 bits per heavy atom. The van der Waals surface area contributed by atoms with Gasteiger partial charge in [0.2, 0.25) is 0 Å². The molecule has 0 radical (unpaired) electrons. The second kappa shape index (κ2) is 11.6. The van der Waals surface area contributed by atoms with Crippen LogP contribution in [0.4, 0.5) is 0 Å². The Hall–Kier alpha value is -3.79. The van der Waals surface area contributed by atoms with Crippen molar-refractivity contribution in [2.24, 2.45) is 4.99 Å². The monoisotopic (exact) mass is 644 g/mol. The highest BCUT2D eigenvalue weighted by molar-refractivity contribution is 9.10. The lowest BCUT2D eigenvalue weighted by molar-refractivity contribution is -0.139. The van der Waals surface area contributed by atoms with Crippen molar-refractivity contribution < 1.29 is 14.3 Å². The molecule has 0 spiro atoms. The van der Waals surface area contributed by atoms with Gasteiger partial charge in [0.05, 0.1) is 26.9 Å². The smallest absolute Gasteiger partial charge is 0.338 e. The fourth-order valence-corrected chi connectivity index (χ4v) is 7.34. The third-order valence-corrected chi connectivity index (χ3v) is 9.37. The highest BCUT2D eigenvalue weighted by atomic mass is 79.9. The fraction of sp³-hybridized carbons (Fsp3) is 0.156. The van der Waals surface area contributed by atoms with E-state index >= 15 is 0 Å². The summed E-state index contributed by atoms with van der Waals surface area (Å²) < 4.78 is 14.4. The van der Waals surface area contributed by atoms with E-state index in [1.165, 1.54) is 33.4 Å². The average molecular weight is 646 g/mol. The molecule has 3 heterocycles. The Labute approximate surface area is 252 Å². The fourth-order valence-electron chi connectivity index (χ4n) is 4.96. The molecule has 0 unspecified atom stereocenters. The lowest BCUT2D eigenvalue weighted by Gasteiger charge is -2.23. The maximum atomic E-state index is 13.8. The summed E-state index contributed by atoms with van der Waals surface area (Å²) in [5.41, 5.74) is 2.70. The Morgan fingerprint density at radius 3 is 2.71 bits per heavy atom.